The number of carbonyl (C=O) groups is 1. The molecular weight excluding hydrogens is 340 g/mol. The Morgan fingerprint density at radius 3 is 2.81 bits per heavy atom. The third kappa shape index (κ3) is 3.42. The number of amides is 1. The minimum Gasteiger partial charge on any atom is -0.347 e. The lowest BCUT2D eigenvalue weighted by Gasteiger charge is -2.22. The number of aromatic amines is 1. The van der Waals surface area contributed by atoms with Crippen LogP contribution in [0.3, 0.4) is 0 Å². The van der Waals surface area contributed by atoms with E-state index in [9.17, 15) is 4.79 Å². The molecule has 0 radical (unpaired) electrons. The number of rotatable bonds is 2. The van der Waals surface area contributed by atoms with Crippen LogP contribution in [0.4, 0.5) is 0 Å². The summed E-state index contributed by atoms with van der Waals surface area (Å²) in [5.41, 5.74) is 3.25. The molecule has 2 N–H and O–H groups in total. The van der Waals surface area contributed by atoms with Crippen molar-refractivity contribution in [1.82, 2.24) is 25.3 Å². The molecule has 1 amide bonds. The number of fused-ring (bicyclic) bond motifs is 2. The maximum Gasteiger partial charge on any atom is 0.255 e. The van der Waals surface area contributed by atoms with Crippen molar-refractivity contribution in [2.24, 2.45) is 11.0 Å². The second kappa shape index (κ2) is 6.62. The predicted molar refractivity (Wildman–Crippen MR) is 106 cm³/mol. The molecule has 2 unspecified atom stereocenters. The van der Waals surface area contributed by atoms with E-state index in [1.807, 2.05) is 20.8 Å². The Balaban J connectivity index is 1.70. The number of aromatic nitrogens is 3. The van der Waals surface area contributed by atoms with Gasteiger partial charge in [-0.25, -0.2) is 9.97 Å². The van der Waals surface area contributed by atoms with Gasteiger partial charge in [0.05, 0.1) is 23.5 Å². The van der Waals surface area contributed by atoms with E-state index in [1.165, 1.54) is 25.7 Å². The highest BCUT2D eigenvalue weighted by Crippen LogP contribution is 2.34. The maximum absolute atomic E-state index is 12.7. The summed E-state index contributed by atoms with van der Waals surface area (Å²) in [7, 11) is 2.06. The molecule has 27 heavy (non-hydrogen) atoms. The van der Waals surface area contributed by atoms with Crippen LogP contribution in [-0.4, -0.2) is 50.2 Å². The smallest absolute Gasteiger partial charge is 0.255 e. The minimum absolute atomic E-state index is 0.141. The second-order valence-corrected chi connectivity index (χ2v) is 8.73. The summed E-state index contributed by atoms with van der Waals surface area (Å²) in [5.74, 6) is 0.257. The number of H-pyrrole nitrogens is 1. The normalized spacial score (nSPS) is 23.1. The first-order chi connectivity index (χ1) is 12.8. The summed E-state index contributed by atoms with van der Waals surface area (Å²) in [6.45, 7) is 5.89. The SMILES string of the molecule is CN1N=C(c2cnc3[nH]cc(C(=O)NC(C)(C)C)c3n2)C2CCCCCC21. The van der Waals surface area contributed by atoms with Crippen LogP contribution >= 0.6 is 0 Å². The van der Waals surface area contributed by atoms with Gasteiger partial charge in [-0.15, -0.1) is 0 Å². The molecule has 1 aliphatic carbocycles. The fourth-order valence-electron chi connectivity index (χ4n) is 4.21. The van der Waals surface area contributed by atoms with Gasteiger partial charge >= 0.3 is 0 Å². The van der Waals surface area contributed by atoms with E-state index in [0.29, 0.717) is 28.7 Å². The van der Waals surface area contributed by atoms with Crippen molar-refractivity contribution < 1.29 is 4.79 Å². The van der Waals surface area contributed by atoms with E-state index in [2.05, 4.69) is 27.3 Å². The summed E-state index contributed by atoms with van der Waals surface area (Å²) in [6, 6.07) is 0.454. The Morgan fingerprint density at radius 1 is 1.26 bits per heavy atom. The van der Waals surface area contributed by atoms with E-state index in [-0.39, 0.29) is 11.4 Å². The van der Waals surface area contributed by atoms with Crippen LogP contribution in [0.2, 0.25) is 0 Å². The van der Waals surface area contributed by atoms with Crippen molar-refractivity contribution >= 4 is 22.8 Å². The van der Waals surface area contributed by atoms with E-state index >= 15 is 0 Å². The van der Waals surface area contributed by atoms with Gasteiger partial charge in [-0.3, -0.25) is 9.80 Å². The first-order valence-corrected chi connectivity index (χ1v) is 9.82. The molecule has 1 saturated carbocycles. The Labute approximate surface area is 159 Å². The van der Waals surface area contributed by atoms with Crippen molar-refractivity contribution in [3.05, 3.63) is 23.7 Å². The molecular formula is C20H28N6O. The van der Waals surface area contributed by atoms with Crippen molar-refractivity contribution in [3.63, 3.8) is 0 Å². The van der Waals surface area contributed by atoms with Crippen LogP contribution < -0.4 is 5.32 Å². The predicted octanol–water partition coefficient (Wildman–Crippen LogP) is 3.08. The molecule has 1 aliphatic heterocycles. The standard InChI is InChI=1S/C20H28N6O/c1-20(2,3)24-19(27)13-10-21-18-17(13)23-14(11-22-18)16-12-8-6-5-7-9-15(12)26(4)25-16/h10-12,15H,5-9H2,1-4H3,(H,21,22)(H,24,27). The molecule has 2 aromatic heterocycles. The summed E-state index contributed by atoms with van der Waals surface area (Å²) >= 11 is 0. The van der Waals surface area contributed by atoms with E-state index < -0.39 is 0 Å². The topological polar surface area (TPSA) is 86.3 Å². The lowest BCUT2D eigenvalue weighted by Crippen LogP contribution is -2.40. The molecule has 7 heteroatoms. The van der Waals surface area contributed by atoms with Crippen molar-refractivity contribution in [2.75, 3.05) is 7.05 Å². The van der Waals surface area contributed by atoms with Crippen LogP contribution in [-0.2, 0) is 0 Å². The highest BCUT2D eigenvalue weighted by Gasteiger charge is 2.37. The lowest BCUT2D eigenvalue weighted by atomic mass is 9.90. The minimum atomic E-state index is -0.308. The number of carbonyl (C=O) groups excluding carboxylic acids is 1. The molecule has 2 atom stereocenters. The molecule has 2 aromatic rings. The quantitative estimate of drug-likeness (QED) is 0.853. The summed E-state index contributed by atoms with van der Waals surface area (Å²) in [5, 5.41) is 9.90. The van der Waals surface area contributed by atoms with Gasteiger partial charge < -0.3 is 10.3 Å². The van der Waals surface area contributed by atoms with Crippen LogP contribution in [0, 0.1) is 5.92 Å². The van der Waals surface area contributed by atoms with Gasteiger partial charge in [0.2, 0.25) is 0 Å². The van der Waals surface area contributed by atoms with E-state index in [4.69, 9.17) is 10.1 Å². The number of nitrogens with one attached hydrogen (secondary N) is 2. The average Bonchev–Trinajstić information content (AvgIpc) is 3.04. The molecule has 4 rings (SSSR count). The van der Waals surface area contributed by atoms with Crippen LogP contribution in [0.15, 0.2) is 17.5 Å². The van der Waals surface area contributed by atoms with Crippen molar-refractivity contribution in [3.8, 4) is 0 Å². The summed E-state index contributed by atoms with van der Waals surface area (Å²) < 4.78 is 0. The first-order valence-electron chi connectivity index (χ1n) is 9.82. The fourth-order valence-corrected chi connectivity index (χ4v) is 4.21. The highest BCUT2D eigenvalue weighted by atomic mass is 16.1. The van der Waals surface area contributed by atoms with Crippen LogP contribution in [0.25, 0.3) is 11.2 Å². The van der Waals surface area contributed by atoms with Crippen molar-refractivity contribution in [1.29, 1.82) is 0 Å². The first kappa shape index (κ1) is 17.9. The molecule has 144 valence electrons. The summed E-state index contributed by atoms with van der Waals surface area (Å²) in [6.07, 6.45) is 9.55. The molecule has 0 bridgehead atoms. The van der Waals surface area contributed by atoms with Gasteiger partial charge in [-0.2, -0.15) is 5.10 Å². The van der Waals surface area contributed by atoms with Gasteiger partial charge in [-0.05, 0) is 33.6 Å². The second-order valence-electron chi connectivity index (χ2n) is 8.73. The molecule has 2 aliphatic rings. The Bertz CT molecular complexity index is 893. The zero-order chi connectivity index (χ0) is 19.2. The Kier molecular flexibility index (Phi) is 4.40. The van der Waals surface area contributed by atoms with E-state index in [0.717, 1.165) is 17.8 Å². The largest absolute Gasteiger partial charge is 0.347 e. The van der Waals surface area contributed by atoms with Gasteiger partial charge in [0.1, 0.15) is 11.2 Å². The summed E-state index contributed by atoms with van der Waals surface area (Å²) in [4.78, 5) is 25.0. The van der Waals surface area contributed by atoms with Gasteiger partial charge in [-0.1, -0.05) is 19.3 Å². The third-order valence-electron chi connectivity index (χ3n) is 5.45. The van der Waals surface area contributed by atoms with Gasteiger partial charge in [0, 0.05) is 24.7 Å². The maximum atomic E-state index is 12.7. The van der Waals surface area contributed by atoms with Gasteiger partial charge in [0.25, 0.3) is 5.91 Å². The van der Waals surface area contributed by atoms with Crippen LogP contribution in [0.1, 0.15) is 68.9 Å². The molecule has 7 nitrogen and oxygen atoms in total. The highest BCUT2D eigenvalue weighted by molar-refractivity contribution is 6.07. The molecule has 0 saturated heterocycles. The molecule has 0 spiro atoms. The zero-order valence-electron chi connectivity index (χ0n) is 16.5. The third-order valence-corrected chi connectivity index (χ3v) is 5.45. The monoisotopic (exact) mass is 368 g/mol. The zero-order valence-corrected chi connectivity index (χ0v) is 16.5. The molecule has 1 fully saturated rings. The van der Waals surface area contributed by atoms with Crippen LogP contribution in [0.5, 0.6) is 0 Å². The Hall–Kier alpha value is -2.44. The fraction of sp³-hybridized carbons (Fsp3) is 0.600. The number of hydrazone groups is 1. The lowest BCUT2D eigenvalue weighted by molar-refractivity contribution is 0.0921. The number of hydrogen-bond donors (Lipinski definition) is 2. The Morgan fingerprint density at radius 2 is 2.04 bits per heavy atom. The average molecular weight is 368 g/mol. The number of hydrogen-bond acceptors (Lipinski definition) is 5. The van der Waals surface area contributed by atoms with E-state index in [1.54, 1.807) is 12.4 Å². The number of nitrogens with zero attached hydrogens (tertiary/aromatic N) is 4. The molecule has 0 aromatic carbocycles. The van der Waals surface area contributed by atoms with Crippen molar-refractivity contribution in [2.45, 2.75) is 64.5 Å². The van der Waals surface area contributed by atoms with Gasteiger partial charge in [0.15, 0.2) is 5.65 Å². The molecule has 3 heterocycles.